The lowest BCUT2D eigenvalue weighted by Crippen LogP contribution is -2.36. The summed E-state index contributed by atoms with van der Waals surface area (Å²) >= 11 is 0. The van der Waals surface area contributed by atoms with E-state index < -0.39 is 0 Å². The molecule has 5 rings (SSSR count). The molecular formula is C19H15N5O. The number of amidine groups is 2. The molecule has 2 N–H and O–H groups in total. The molecule has 122 valence electrons. The fourth-order valence-electron chi connectivity index (χ4n) is 3.25. The number of nitrogens with one attached hydrogen (secondary N) is 1. The molecule has 1 aromatic heterocycles. The molecule has 25 heavy (non-hydrogen) atoms. The zero-order chi connectivity index (χ0) is 16.8. The molecular weight excluding hydrogens is 314 g/mol. The summed E-state index contributed by atoms with van der Waals surface area (Å²) in [6.07, 6.45) is 3.34. The second-order valence-corrected chi connectivity index (χ2v) is 6.01. The van der Waals surface area contributed by atoms with Crippen molar-refractivity contribution in [3.63, 3.8) is 0 Å². The van der Waals surface area contributed by atoms with E-state index in [0.29, 0.717) is 11.4 Å². The van der Waals surface area contributed by atoms with Crippen molar-refractivity contribution in [3.05, 3.63) is 66.0 Å². The van der Waals surface area contributed by atoms with Gasteiger partial charge in [-0.1, -0.05) is 12.1 Å². The average Bonchev–Trinajstić information content (AvgIpc) is 3.30. The molecule has 2 aliphatic heterocycles. The van der Waals surface area contributed by atoms with E-state index in [2.05, 4.69) is 15.0 Å². The minimum absolute atomic E-state index is 0.161. The van der Waals surface area contributed by atoms with Crippen LogP contribution >= 0.6 is 0 Å². The van der Waals surface area contributed by atoms with Crippen molar-refractivity contribution in [2.24, 2.45) is 9.98 Å². The van der Waals surface area contributed by atoms with Crippen molar-refractivity contribution >= 4 is 34.2 Å². The van der Waals surface area contributed by atoms with E-state index in [1.54, 1.807) is 12.4 Å². The van der Waals surface area contributed by atoms with E-state index in [-0.39, 0.29) is 5.76 Å². The number of aromatic nitrogens is 2. The van der Waals surface area contributed by atoms with Gasteiger partial charge in [0.15, 0.2) is 0 Å². The molecule has 0 amide bonds. The number of benzene rings is 2. The normalized spacial score (nSPS) is 16.5. The Hall–Kier alpha value is -3.41. The van der Waals surface area contributed by atoms with Crippen molar-refractivity contribution in [2.45, 2.75) is 0 Å². The summed E-state index contributed by atoms with van der Waals surface area (Å²) in [6.45, 7) is 1.50. The van der Waals surface area contributed by atoms with E-state index in [1.807, 2.05) is 47.4 Å². The predicted molar refractivity (Wildman–Crippen MR) is 98.3 cm³/mol. The largest absolute Gasteiger partial charge is 0.507 e. The molecule has 0 spiro atoms. The van der Waals surface area contributed by atoms with Crippen LogP contribution in [0.25, 0.3) is 16.8 Å². The van der Waals surface area contributed by atoms with Gasteiger partial charge in [0.2, 0.25) is 0 Å². The molecule has 0 unspecified atom stereocenters. The highest BCUT2D eigenvalue weighted by Gasteiger charge is 2.28. The van der Waals surface area contributed by atoms with Crippen LogP contribution in [0.3, 0.4) is 0 Å². The molecule has 2 aliphatic rings. The second-order valence-electron chi connectivity index (χ2n) is 6.01. The fraction of sp³-hybridized carbons (Fsp3) is 0.105. The number of aliphatic hydroxyl groups is 1. The molecule has 0 saturated carbocycles. The Morgan fingerprint density at radius 3 is 3.08 bits per heavy atom. The van der Waals surface area contributed by atoms with Gasteiger partial charge >= 0.3 is 0 Å². The van der Waals surface area contributed by atoms with Crippen LogP contribution < -0.4 is 0 Å². The van der Waals surface area contributed by atoms with Crippen molar-refractivity contribution in [1.82, 2.24) is 14.9 Å². The third-order valence-electron chi connectivity index (χ3n) is 4.48. The third-order valence-corrected chi connectivity index (χ3v) is 4.48. The number of aliphatic imine (C=N–C) groups is 2. The van der Waals surface area contributed by atoms with Crippen LogP contribution in [0.15, 0.2) is 64.9 Å². The Balaban J connectivity index is 1.59. The summed E-state index contributed by atoms with van der Waals surface area (Å²) in [5.41, 5.74) is 4.38. The first-order chi connectivity index (χ1) is 12.3. The smallest absolute Gasteiger partial charge is 0.138 e. The molecule has 3 heterocycles. The molecule has 0 atom stereocenters. The number of imidazole rings is 1. The van der Waals surface area contributed by atoms with Gasteiger partial charge in [-0.15, -0.1) is 0 Å². The standard InChI is InChI=1S/C19H15N5O/c25-17(12-5-6-15-16(9-12)22-11-21-15)10-18-23-14-4-2-1-3-13(14)19-20-7-8-24(18)19/h1-6,9-11,25H,7-8H2,(H,21,22)/b17-10-. The van der Waals surface area contributed by atoms with Crippen molar-refractivity contribution in [2.75, 3.05) is 13.1 Å². The fourth-order valence-corrected chi connectivity index (χ4v) is 3.25. The van der Waals surface area contributed by atoms with Gasteiger partial charge in [-0.05, 0) is 30.3 Å². The lowest BCUT2D eigenvalue weighted by atomic mass is 10.1. The lowest BCUT2D eigenvalue weighted by Gasteiger charge is -2.25. The van der Waals surface area contributed by atoms with Gasteiger partial charge in [0.1, 0.15) is 17.4 Å². The van der Waals surface area contributed by atoms with E-state index in [9.17, 15) is 5.11 Å². The summed E-state index contributed by atoms with van der Waals surface area (Å²) in [7, 11) is 0. The van der Waals surface area contributed by atoms with Crippen molar-refractivity contribution in [3.8, 4) is 0 Å². The summed E-state index contributed by atoms with van der Waals surface area (Å²) < 4.78 is 0. The van der Waals surface area contributed by atoms with Crippen LogP contribution in [0.2, 0.25) is 0 Å². The average molecular weight is 329 g/mol. The van der Waals surface area contributed by atoms with E-state index in [0.717, 1.165) is 41.2 Å². The molecule has 0 radical (unpaired) electrons. The Bertz CT molecular complexity index is 1080. The number of rotatable bonds is 2. The van der Waals surface area contributed by atoms with E-state index >= 15 is 0 Å². The summed E-state index contributed by atoms with van der Waals surface area (Å²) in [4.78, 5) is 18.6. The monoisotopic (exact) mass is 329 g/mol. The number of para-hydroxylation sites is 1. The zero-order valence-electron chi connectivity index (χ0n) is 13.3. The first kappa shape index (κ1) is 14.0. The Morgan fingerprint density at radius 2 is 2.12 bits per heavy atom. The van der Waals surface area contributed by atoms with Gasteiger partial charge in [-0.25, -0.2) is 9.98 Å². The van der Waals surface area contributed by atoms with E-state index in [4.69, 9.17) is 4.99 Å². The first-order valence-electron chi connectivity index (χ1n) is 8.14. The highest BCUT2D eigenvalue weighted by atomic mass is 16.3. The molecule has 0 bridgehead atoms. The number of hydrogen-bond donors (Lipinski definition) is 2. The number of hydrogen-bond acceptors (Lipinski definition) is 5. The second kappa shape index (κ2) is 5.31. The van der Waals surface area contributed by atoms with Gasteiger partial charge in [-0.3, -0.25) is 4.99 Å². The van der Waals surface area contributed by atoms with Gasteiger partial charge in [0, 0.05) is 23.7 Å². The summed E-state index contributed by atoms with van der Waals surface area (Å²) in [6, 6.07) is 13.6. The van der Waals surface area contributed by atoms with Crippen LogP contribution in [0.1, 0.15) is 11.1 Å². The molecule has 0 fully saturated rings. The molecule has 6 heteroatoms. The molecule has 0 saturated heterocycles. The van der Waals surface area contributed by atoms with Gasteiger partial charge in [0.05, 0.1) is 29.6 Å². The minimum atomic E-state index is 0.161. The summed E-state index contributed by atoms with van der Waals surface area (Å²) in [5.74, 6) is 1.79. The number of fused-ring (bicyclic) bond motifs is 4. The maximum absolute atomic E-state index is 10.6. The van der Waals surface area contributed by atoms with Crippen LogP contribution in [0.4, 0.5) is 5.69 Å². The molecule has 6 nitrogen and oxygen atoms in total. The van der Waals surface area contributed by atoms with Gasteiger partial charge in [0.25, 0.3) is 0 Å². The van der Waals surface area contributed by atoms with Crippen LogP contribution in [0.5, 0.6) is 0 Å². The van der Waals surface area contributed by atoms with Crippen molar-refractivity contribution in [1.29, 1.82) is 0 Å². The van der Waals surface area contributed by atoms with Gasteiger partial charge < -0.3 is 15.0 Å². The quantitative estimate of drug-likeness (QED) is 0.708. The Morgan fingerprint density at radius 1 is 1.20 bits per heavy atom. The molecule has 3 aromatic rings. The molecule has 2 aromatic carbocycles. The minimum Gasteiger partial charge on any atom is -0.507 e. The van der Waals surface area contributed by atoms with Crippen molar-refractivity contribution < 1.29 is 5.11 Å². The predicted octanol–water partition coefficient (Wildman–Crippen LogP) is 3.27. The van der Waals surface area contributed by atoms with Gasteiger partial charge in [-0.2, -0.15) is 0 Å². The number of H-pyrrole nitrogens is 1. The third kappa shape index (κ3) is 2.22. The number of nitrogens with zero attached hydrogens (tertiary/aromatic N) is 4. The highest BCUT2D eigenvalue weighted by molar-refractivity contribution is 6.19. The van der Waals surface area contributed by atoms with Crippen LogP contribution in [-0.2, 0) is 0 Å². The summed E-state index contributed by atoms with van der Waals surface area (Å²) in [5, 5.41) is 10.6. The maximum Gasteiger partial charge on any atom is 0.138 e. The van der Waals surface area contributed by atoms with Crippen LogP contribution in [-0.4, -0.2) is 44.7 Å². The topological polar surface area (TPSA) is 76.9 Å². The molecule has 0 aliphatic carbocycles. The van der Waals surface area contributed by atoms with Crippen LogP contribution in [0, 0.1) is 0 Å². The highest BCUT2D eigenvalue weighted by Crippen LogP contribution is 2.29. The zero-order valence-corrected chi connectivity index (χ0v) is 13.3. The number of aliphatic hydroxyl groups excluding tert-OH is 1. The first-order valence-corrected chi connectivity index (χ1v) is 8.14. The number of aromatic amines is 1. The lowest BCUT2D eigenvalue weighted by molar-refractivity contribution is 0.511. The Kier molecular flexibility index (Phi) is 2.97. The Labute approximate surface area is 143 Å². The van der Waals surface area contributed by atoms with E-state index in [1.165, 1.54) is 0 Å². The maximum atomic E-state index is 10.6. The SMILES string of the molecule is O/C(=C\C1=Nc2ccccc2C2=NCCN12)c1ccc2[nH]cnc2c1.